The maximum atomic E-state index is 10.7. The first-order valence-electron chi connectivity index (χ1n) is 3.63. The number of hydrogen-bond donors (Lipinski definition) is 3. The molecule has 0 spiro atoms. The lowest BCUT2D eigenvalue weighted by Gasteiger charge is -2.00. The van der Waals surface area contributed by atoms with Gasteiger partial charge in [-0.25, -0.2) is 5.84 Å². The second-order valence-corrected chi connectivity index (χ2v) is 3.40. The van der Waals surface area contributed by atoms with Crippen LogP contribution in [-0.2, 0) is 4.79 Å². The highest BCUT2D eigenvalue weighted by Gasteiger charge is 1.99. The molecule has 0 aliphatic carbocycles. The first-order chi connectivity index (χ1) is 6.22. The highest BCUT2D eigenvalue weighted by atomic mass is 32.2. The normalized spacial score (nSPS) is 9.62. The summed E-state index contributed by atoms with van der Waals surface area (Å²) < 4.78 is 0. The second kappa shape index (κ2) is 4.74. The number of hydrogen-bond acceptors (Lipinski definition) is 4. The van der Waals surface area contributed by atoms with E-state index in [0.29, 0.717) is 0 Å². The average molecular weight is 198 g/mol. The minimum absolute atomic E-state index is 0.215. The van der Waals surface area contributed by atoms with Crippen LogP contribution in [0.1, 0.15) is 0 Å². The number of carbonyl (C=O) groups is 1. The number of hydrazine groups is 1. The number of phenolic OH excluding ortho intramolecular Hbond substituents is 1. The summed E-state index contributed by atoms with van der Waals surface area (Å²) in [5, 5.41) is 8.97. The van der Waals surface area contributed by atoms with Crippen molar-refractivity contribution in [3.05, 3.63) is 24.3 Å². The molecule has 0 aromatic heterocycles. The Morgan fingerprint density at radius 3 is 2.62 bits per heavy atom. The van der Waals surface area contributed by atoms with E-state index in [-0.39, 0.29) is 17.4 Å². The van der Waals surface area contributed by atoms with Gasteiger partial charge in [0.2, 0.25) is 5.91 Å². The highest BCUT2D eigenvalue weighted by molar-refractivity contribution is 8.00. The number of nitrogens with one attached hydrogen (secondary N) is 1. The summed E-state index contributed by atoms with van der Waals surface area (Å²) in [6, 6.07) is 6.62. The van der Waals surface area contributed by atoms with E-state index in [1.165, 1.54) is 11.8 Å². The predicted octanol–water partition coefficient (Wildman–Crippen LogP) is 0.474. The van der Waals surface area contributed by atoms with Crippen LogP contribution < -0.4 is 11.3 Å². The molecule has 1 amide bonds. The van der Waals surface area contributed by atoms with E-state index in [9.17, 15) is 4.79 Å². The summed E-state index contributed by atoms with van der Waals surface area (Å²) >= 11 is 1.36. The van der Waals surface area contributed by atoms with Gasteiger partial charge in [-0.2, -0.15) is 0 Å². The van der Waals surface area contributed by atoms with Gasteiger partial charge in [-0.1, -0.05) is 0 Å². The zero-order chi connectivity index (χ0) is 9.68. The van der Waals surface area contributed by atoms with E-state index in [4.69, 9.17) is 10.9 Å². The van der Waals surface area contributed by atoms with Crippen LogP contribution in [0.5, 0.6) is 5.75 Å². The molecule has 0 fully saturated rings. The number of amides is 1. The van der Waals surface area contributed by atoms with E-state index in [1.54, 1.807) is 24.3 Å². The average Bonchev–Trinajstić information content (AvgIpc) is 2.16. The third kappa shape index (κ3) is 3.35. The molecule has 1 rings (SSSR count). The lowest BCUT2D eigenvalue weighted by Crippen LogP contribution is -2.31. The van der Waals surface area contributed by atoms with Gasteiger partial charge in [0.05, 0.1) is 5.75 Å². The number of benzene rings is 1. The third-order valence-electron chi connectivity index (χ3n) is 1.37. The van der Waals surface area contributed by atoms with Gasteiger partial charge in [0.25, 0.3) is 0 Å². The van der Waals surface area contributed by atoms with Crippen molar-refractivity contribution in [2.24, 2.45) is 5.84 Å². The molecule has 0 unspecified atom stereocenters. The zero-order valence-electron chi connectivity index (χ0n) is 6.86. The minimum Gasteiger partial charge on any atom is -0.508 e. The molecule has 1 aromatic rings. The van der Waals surface area contributed by atoms with Crippen molar-refractivity contribution in [3.8, 4) is 5.75 Å². The Kier molecular flexibility index (Phi) is 3.60. The monoisotopic (exact) mass is 198 g/mol. The summed E-state index contributed by atoms with van der Waals surface area (Å²) in [7, 11) is 0. The summed E-state index contributed by atoms with van der Waals surface area (Å²) in [6.45, 7) is 0. The van der Waals surface area contributed by atoms with Crippen LogP contribution in [0.4, 0.5) is 0 Å². The van der Waals surface area contributed by atoms with E-state index < -0.39 is 0 Å². The molecule has 70 valence electrons. The standard InChI is InChI=1S/C8H10N2O2S/c9-10-8(12)5-13-7-3-1-6(11)2-4-7/h1-4,11H,5,9H2,(H,10,12). The number of rotatable bonds is 3. The van der Waals surface area contributed by atoms with Crippen LogP contribution in [0.2, 0.25) is 0 Å². The molecule has 13 heavy (non-hydrogen) atoms. The Morgan fingerprint density at radius 2 is 2.08 bits per heavy atom. The molecule has 0 saturated carbocycles. The van der Waals surface area contributed by atoms with Crippen molar-refractivity contribution >= 4 is 17.7 Å². The molecule has 0 aliphatic rings. The molecule has 0 heterocycles. The van der Waals surface area contributed by atoms with E-state index >= 15 is 0 Å². The SMILES string of the molecule is NNC(=O)CSc1ccc(O)cc1. The van der Waals surface area contributed by atoms with Crippen LogP contribution in [0.3, 0.4) is 0 Å². The topological polar surface area (TPSA) is 75.3 Å². The van der Waals surface area contributed by atoms with Crippen LogP contribution in [0.25, 0.3) is 0 Å². The first-order valence-corrected chi connectivity index (χ1v) is 4.62. The van der Waals surface area contributed by atoms with Crippen LogP contribution in [0, 0.1) is 0 Å². The Balaban J connectivity index is 2.46. The molecule has 0 saturated heterocycles. The predicted molar refractivity (Wildman–Crippen MR) is 51.2 cm³/mol. The molecule has 4 nitrogen and oxygen atoms in total. The molecule has 1 aromatic carbocycles. The number of phenols is 1. The first kappa shape index (κ1) is 9.88. The van der Waals surface area contributed by atoms with Crippen LogP contribution in [-0.4, -0.2) is 16.8 Å². The van der Waals surface area contributed by atoms with Gasteiger partial charge in [0.1, 0.15) is 5.75 Å². The van der Waals surface area contributed by atoms with Crippen LogP contribution >= 0.6 is 11.8 Å². The molecule has 4 N–H and O–H groups in total. The number of nitrogens with two attached hydrogens (primary N) is 1. The van der Waals surface area contributed by atoms with Gasteiger partial charge < -0.3 is 5.11 Å². The Labute approximate surface area is 80.1 Å². The summed E-state index contributed by atoms with van der Waals surface area (Å²) in [4.78, 5) is 11.7. The van der Waals surface area contributed by atoms with Gasteiger partial charge in [-0.15, -0.1) is 11.8 Å². The summed E-state index contributed by atoms with van der Waals surface area (Å²) in [6.07, 6.45) is 0. The molecule has 0 aliphatic heterocycles. The van der Waals surface area contributed by atoms with Gasteiger partial charge in [-0.3, -0.25) is 10.2 Å². The van der Waals surface area contributed by atoms with E-state index in [2.05, 4.69) is 0 Å². The Morgan fingerprint density at radius 1 is 1.46 bits per heavy atom. The molecular weight excluding hydrogens is 188 g/mol. The van der Waals surface area contributed by atoms with Crippen molar-refractivity contribution in [1.29, 1.82) is 0 Å². The second-order valence-electron chi connectivity index (χ2n) is 2.35. The van der Waals surface area contributed by atoms with Crippen molar-refractivity contribution in [3.63, 3.8) is 0 Å². The molecule has 0 bridgehead atoms. The quantitative estimate of drug-likeness (QED) is 0.286. The minimum atomic E-state index is -0.224. The van der Waals surface area contributed by atoms with Gasteiger partial charge in [0, 0.05) is 4.90 Å². The smallest absolute Gasteiger partial charge is 0.244 e. The van der Waals surface area contributed by atoms with Gasteiger partial charge >= 0.3 is 0 Å². The van der Waals surface area contributed by atoms with Gasteiger partial charge in [0.15, 0.2) is 0 Å². The van der Waals surface area contributed by atoms with Crippen molar-refractivity contribution in [2.45, 2.75) is 4.90 Å². The summed E-state index contributed by atoms with van der Waals surface area (Å²) in [5.74, 6) is 5.18. The van der Waals surface area contributed by atoms with Gasteiger partial charge in [-0.05, 0) is 24.3 Å². The largest absolute Gasteiger partial charge is 0.508 e. The van der Waals surface area contributed by atoms with E-state index in [1.807, 2.05) is 5.43 Å². The number of aromatic hydroxyl groups is 1. The number of thioether (sulfide) groups is 1. The Bertz CT molecular complexity index is 287. The fraction of sp³-hybridized carbons (Fsp3) is 0.125. The lowest BCUT2D eigenvalue weighted by atomic mass is 10.3. The Hall–Kier alpha value is -1.20. The fourth-order valence-corrected chi connectivity index (χ4v) is 1.44. The summed E-state index contributed by atoms with van der Waals surface area (Å²) in [5.41, 5.74) is 2.04. The third-order valence-corrected chi connectivity index (χ3v) is 2.38. The zero-order valence-corrected chi connectivity index (χ0v) is 7.67. The lowest BCUT2D eigenvalue weighted by molar-refractivity contribution is -0.118. The van der Waals surface area contributed by atoms with Crippen molar-refractivity contribution in [2.75, 3.05) is 5.75 Å². The highest BCUT2D eigenvalue weighted by Crippen LogP contribution is 2.19. The molecular formula is C8H10N2O2S. The molecule has 5 heteroatoms. The van der Waals surface area contributed by atoms with Crippen molar-refractivity contribution < 1.29 is 9.90 Å². The molecule has 0 radical (unpaired) electrons. The fourth-order valence-electron chi connectivity index (χ4n) is 0.733. The van der Waals surface area contributed by atoms with Crippen LogP contribution in [0.15, 0.2) is 29.2 Å². The van der Waals surface area contributed by atoms with E-state index in [0.717, 1.165) is 4.90 Å². The maximum absolute atomic E-state index is 10.7. The van der Waals surface area contributed by atoms with Crippen molar-refractivity contribution in [1.82, 2.24) is 5.43 Å². The number of carbonyl (C=O) groups excluding carboxylic acids is 1. The maximum Gasteiger partial charge on any atom is 0.244 e. The molecule has 0 atom stereocenters.